The Labute approximate surface area is 161 Å². The third-order valence-electron chi connectivity index (χ3n) is 4.33. The number of urea groups is 1. The first kappa shape index (κ1) is 17.8. The van der Waals surface area contributed by atoms with Crippen LogP contribution >= 0.6 is 11.3 Å². The minimum absolute atomic E-state index is 0.269. The molecular formula is C19H21N5O2S. The van der Waals surface area contributed by atoms with E-state index in [1.54, 1.807) is 12.4 Å². The summed E-state index contributed by atoms with van der Waals surface area (Å²) in [6.45, 7) is 3.75. The molecule has 7 nitrogen and oxygen atoms in total. The molecular weight excluding hydrogens is 362 g/mol. The molecule has 0 atom stereocenters. The first-order valence-electron chi connectivity index (χ1n) is 9.00. The van der Waals surface area contributed by atoms with Gasteiger partial charge in [-0.1, -0.05) is 17.4 Å². The zero-order valence-corrected chi connectivity index (χ0v) is 15.9. The molecule has 140 valence electrons. The van der Waals surface area contributed by atoms with Crippen LogP contribution in [0.2, 0.25) is 0 Å². The number of hydrogen-bond donors (Lipinski definition) is 2. The molecule has 0 bridgehead atoms. The molecule has 0 radical (unpaired) electrons. The van der Waals surface area contributed by atoms with Crippen molar-refractivity contribution < 1.29 is 9.53 Å². The lowest BCUT2D eigenvalue weighted by Crippen LogP contribution is -2.31. The lowest BCUT2D eigenvalue weighted by atomic mass is 10.1. The average molecular weight is 383 g/mol. The molecule has 0 unspecified atom stereocenters. The Morgan fingerprint density at radius 2 is 2.07 bits per heavy atom. The maximum absolute atomic E-state index is 12.0. The van der Waals surface area contributed by atoms with Crippen LogP contribution in [0.15, 0.2) is 30.6 Å². The van der Waals surface area contributed by atoms with Crippen molar-refractivity contribution in [3.8, 4) is 10.4 Å². The third-order valence-corrected chi connectivity index (χ3v) is 5.45. The molecule has 2 N–H and O–H groups in total. The molecule has 0 aliphatic heterocycles. The number of aryl methyl sites for hydroxylation is 1. The van der Waals surface area contributed by atoms with Gasteiger partial charge in [-0.25, -0.2) is 9.78 Å². The Bertz CT molecular complexity index is 954. The van der Waals surface area contributed by atoms with Gasteiger partial charge < -0.3 is 10.1 Å². The Kier molecular flexibility index (Phi) is 5.26. The molecule has 1 aliphatic rings. The van der Waals surface area contributed by atoms with Gasteiger partial charge in [0, 0.05) is 25.5 Å². The predicted octanol–water partition coefficient (Wildman–Crippen LogP) is 3.61. The van der Waals surface area contributed by atoms with Crippen LogP contribution in [0.4, 0.5) is 9.93 Å². The molecule has 2 heterocycles. The third kappa shape index (κ3) is 4.58. The van der Waals surface area contributed by atoms with E-state index in [-0.39, 0.29) is 6.03 Å². The van der Waals surface area contributed by atoms with Crippen LogP contribution in [-0.4, -0.2) is 40.7 Å². The van der Waals surface area contributed by atoms with Crippen LogP contribution in [-0.2, 0) is 4.74 Å². The van der Waals surface area contributed by atoms with E-state index in [1.165, 1.54) is 24.2 Å². The van der Waals surface area contributed by atoms with Crippen LogP contribution in [0.3, 0.4) is 0 Å². The monoisotopic (exact) mass is 383 g/mol. The lowest BCUT2D eigenvalue weighted by Gasteiger charge is -2.06. The normalized spacial score (nSPS) is 13.7. The van der Waals surface area contributed by atoms with E-state index in [0.717, 1.165) is 39.7 Å². The Hall–Kier alpha value is -2.58. The van der Waals surface area contributed by atoms with Crippen molar-refractivity contribution in [2.45, 2.75) is 19.8 Å². The molecule has 0 spiro atoms. The minimum Gasteiger partial charge on any atom is -0.379 e. The average Bonchev–Trinajstić information content (AvgIpc) is 3.42. The zero-order valence-electron chi connectivity index (χ0n) is 15.1. The van der Waals surface area contributed by atoms with Gasteiger partial charge in [0.25, 0.3) is 0 Å². The van der Waals surface area contributed by atoms with Gasteiger partial charge in [-0.15, -0.1) is 0 Å². The number of anilines is 1. The number of thiazole rings is 1. The Morgan fingerprint density at radius 3 is 2.89 bits per heavy atom. The first-order valence-corrected chi connectivity index (χ1v) is 9.82. The maximum atomic E-state index is 12.0. The van der Waals surface area contributed by atoms with E-state index in [0.29, 0.717) is 18.3 Å². The van der Waals surface area contributed by atoms with E-state index in [9.17, 15) is 4.79 Å². The summed E-state index contributed by atoms with van der Waals surface area (Å²) in [6.07, 6.45) is 5.89. The van der Waals surface area contributed by atoms with Gasteiger partial charge in [0.15, 0.2) is 5.13 Å². The quantitative estimate of drug-likeness (QED) is 0.609. The van der Waals surface area contributed by atoms with Gasteiger partial charge in [0.1, 0.15) is 0 Å². The molecule has 2 aromatic heterocycles. The molecule has 0 saturated heterocycles. The SMILES string of the molecule is Cc1nc(NC(=O)NCCOCC2CC2)sc1-c1ccc2nccnc2c1. The number of carbonyl (C=O) groups excluding carboxylic acids is 1. The lowest BCUT2D eigenvalue weighted by molar-refractivity contribution is 0.127. The predicted molar refractivity (Wildman–Crippen MR) is 106 cm³/mol. The smallest absolute Gasteiger partial charge is 0.321 e. The van der Waals surface area contributed by atoms with Crippen LogP contribution in [0.5, 0.6) is 0 Å². The van der Waals surface area contributed by atoms with Crippen molar-refractivity contribution in [1.29, 1.82) is 0 Å². The number of benzene rings is 1. The van der Waals surface area contributed by atoms with Crippen molar-refractivity contribution in [2.75, 3.05) is 25.1 Å². The summed E-state index contributed by atoms with van der Waals surface area (Å²) in [4.78, 5) is 26.1. The minimum atomic E-state index is -0.269. The molecule has 2 amide bonds. The fourth-order valence-corrected chi connectivity index (χ4v) is 3.69. The van der Waals surface area contributed by atoms with Crippen molar-refractivity contribution in [2.24, 2.45) is 5.92 Å². The summed E-state index contributed by atoms with van der Waals surface area (Å²) in [5.41, 5.74) is 3.57. The van der Waals surface area contributed by atoms with Crippen LogP contribution < -0.4 is 10.6 Å². The second kappa shape index (κ2) is 7.98. The van der Waals surface area contributed by atoms with Gasteiger partial charge >= 0.3 is 6.03 Å². The fourth-order valence-electron chi connectivity index (χ4n) is 2.73. The zero-order chi connectivity index (χ0) is 18.6. The van der Waals surface area contributed by atoms with Crippen molar-refractivity contribution in [3.05, 3.63) is 36.3 Å². The number of ether oxygens (including phenoxy) is 1. The highest BCUT2D eigenvalue weighted by molar-refractivity contribution is 7.19. The largest absolute Gasteiger partial charge is 0.379 e. The van der Waals surface area contributed by atoms with Crippen molar-refractivity contribution in [1.82, 2.24) is 20.3 Å². The number of nitrogens with zero attached hydrogens (tertiary/aromatic N) is 3. The van der Waals surface area contributed by atoms with E-state index in [1.807, 2.05) is 25.1 Å². The van der Waals surface area contributed by atoms with E-state index >= 15 is 0 Å². The van der Waals surface area contributed by atoms with Crippen molar-refractivity contribution in [3.63, 3.8) is 0 Å². The molecule has 27 heavy (non-hydrogen) atoms. The summed E-state index contributed by atoms with van der Waals surface area (Å²) in [7, 11) is 0. The molecule has 1 aromatic carbocycles. The summed E-state index contributed by atoms with van der Waals surface area (Å²) in [5.74, 6) is 0.733. The highest BCUT2D eigenvalue weighted by Crippen LogP contribution is 2.33. The number of nitrogens with one attached hydrogen (secondary N) is 2. The number of aromatic nitrogens is 3. The number of carbonyl (C=O) groups is 1. The van der Waals surface area contributed by atoms with Gasteiger partial charge in [-0.3, -0.25) is 15.3 Å². The topological polar surface area (TPSA) is 89.0 Å². The molecule has 1 aliphatic carbocycles. The van der Waals surface area contributed by atoms with Crippen LogP contribution in [0.1, 0.15) is 18.5 Å². The Morgan fingerprint density at radius 1 is 1.26 bits per heavy atom. The standard InChI is InChI=1S/C19H21N5O2S/c1-12-17(14-4-5-15-16(10-14)21-7-6-20-15)27-19(23-12)24-18(25)22-8-9-26-11-13-2-3-13/h4-7,10,13H,2-3,8-9,11H2,1H3,(H2,22,23,24,25). The summed E-state index contributed by atoms with van der Waals surface area (Å²) >= 11 is 1.44. The second-order valence-corrected chi connectivity index (χ2v) is 7.59. The first-order chi connectivity index (χ1) is 13.2. The second-order valence-electron chi connectivity index (χ2n) is 6.59. The molecule has 8 heteroatoms. The summed E-state index contributed by atoms with van der Waals surface area (Å²) in [5, 5.41) is 6.15. The maximum Gasteiger partial charge on any atom is 0.321 e. The molecule has 4 rings (SSSR count). The number of hydrogen-bond acceptors (Lipinski definition) is 6. The van der Waals surface area contributed by atoms with Gasteiger partial charge in [0.2, 0.25) is 0 Å². The summed E-state index contributed by atoms with van der Waals surface area (Å²) < 4.78 is 5.51. The van der Waals surface area contributed by atoms with E-state index in [2.05, 4.69) is 25.6 Å². The van der Waals surface area contributed by atoms with Gasteiger partial charge in [-0.05, 0) is 43.4 Å². The van der Waals surface area contributed by atoms with Gasteiger partial charge in [-0.2, -0.15) is 0 Å². The number of rotatable bonds is 7. The Balaban J connectivity index is 1.36. The number of amides is 2. The van der Waals surface area contributed by atoms with Crippen molar-refractivity contribution >= 4 is 33.5 Å². The highest BCUT2D eigenvalue weighted by Gasteiger charge is 2.20. The molecule has 3 aromatic rings. The van der Waals surface area contributed by atoms with Crippen LogP contribution in [0, 0.1) is 12.8 Å². The van der Waals surface area contributed by atoms with E-state index in [4.69, 9.17) is 4.74 Å². The van der Waals surface area contributed by atoms with E-state index < -0.39 is 0 Å². The molecule has 1 saturated carbocycles. The van der Waals surface area contributed by atoms with Crippen LogP contribution in [0.25, 0.3) is 21.5 Å². The highest BCUT2D eigenvalue weighted by atomic mass is 32.1. The fraction of sp³-hybridized carbons (Fsp3) is 0.368. The summed E-state index contributed by atoms with van der Waals surface area (Å²) in [6, 6.07) is 5.66. The number of fused-ring (bicyclic) bond motifs is 1. The van der Waals surface area contributed by atoms with Gasteiger partial charge in [0.05, 0.1) is 28.2 Å². The molecule has 1 fully saturated rings.